The van der Waals surface area contributed by atoms with E-state index in [-0.39, 0.29) is 6.04 Å². The van der Waals surface area contributed by atoms with Gasteiger partial charge in [0, 0.05) is 12.6 Å². The second kappa shape index (κ2) is 5.94. The Morgan fingerprint density at radius 2 is 2.15 bits per heavy atom. The van der Waals surface area contributed by atoms with Crippen LogP contribution in [0, 0.1) is 0 Å². The fourth-order valence-electron chi connectivity index (χ4n) is 3.44. The van der Waals surface area contributed by atoms with Crippen LogP contribution in [0.5, 0.6) is 0 Å². The molecule has 4 heteroatoms. The van der Waals surface area contributed by atoms with E-state index in [0.29, 0.717) is 19.8 Å². The van der Waals surface area contributed by atoms with Crippen molar-refractivity contribution in [2.24, 2.45) is 0 Å². The molecule has 0 radical (unpaired) electrons. The third-order valence-corrected chi connectivity index (χ3v) is 4.44. The molecule has 20 heavy (non-hydrogen) atoms. The summed E-state index contributed by atoms with van der Waals surface area (Å²) in [5.74, 6) is -0.772. The quantitative estimate of drug-likeness (QED) is 0.841. The van der Waals surface area contributed by atoms with Crippen LogP contribution in [-0.4, -0.2) is 41.8 Å². The standard InChI is InChI=1S/C16H21NO3/c18-16(19)15-11-20-10-9-17(15)14-8-4-2-6-12-5-1-3-7-13(12)14/h1,3,5,7,14-15H,2,4,6,8-11H2,(H,18,19). The molecule has 4 nitrogen and oxygen atoms in total. The molecule has 3 rings (SSSR count). The average Bonchev–Trinajstić information content (AvgIpc) is 2.69. The molecule has 2 atom stereocenters. The highest BCUT2D eigenvalue weighted by atomic mass is 16.5. The van der Waals surface area contributed by atoms with E-state index in [1.807, 2.05) is 0 Å². The zero-order valence-electron chi connectivity index (χ0n) is 11.6. The van der Waals surface area contributed by atoms with Crippen LogP contribution in [0.15, 0.2) is 24.3 Å². The lowest BCUT2D eigenvalue weighted by atomic mass is 9.96. The van der Waals surface area contributed by atoms with Crippen LogP contribution in [-0.2, 0) is 16.0 Å². The van der Waals surface area contributed by atoms with Crippen molar-refractivity contribution in [1.82, 2.24) is 4.90 Å². The van der Waals surface area contributed by atoms with Crippen molar-refractivity contribution < 1.29 is 14.6 Å². The number of benzene rings is 1. The number of rotatable bonds is 2. The summed E-state index contributed by atoms with van der Waals surface area (Å²) in [6.07, 6.45) is 4.49. The lowest BCUT2D eigenvalue weighted by molar-refractivity contribution is -0.152. The number of hydrogen-bond donors (Lipinski definition) is 1. The minimum absolute atomic E-state index is 0.221. The molecule has 0 spiro atoms. The summed E-state index contributed by atoms with van der Waals surface area (Å²) in [5.41, 5.74) is 2.70. The van der Waals surface area contributed by atoms with E-state index in [0.717, 1.165) is 19.3 Å². The Morgan fingerprint density at radius 3 is 3.00 bits per heavy atom. The van der Waals surface area contributed by atoms with E-state index in [1.165, 1.54) is 17.5 Å². The van der Waals surface area contributed by atoms with E-state index in [2.05, 4.69) is 29.2 Å². The average molecular weight is 275 g/mol. The molecule has 1 heterocycles. The molecule has 0 aromatic heterocycles. The second-order valence-corrected chi connectivity index (χ2v) is 5.63. The third-order valence-electron chi connectivity index (χ3n) is 4.44. The first-order chi connectivity index (χ1) is 9.77. The van der Waals surface area contributed by atoms with E-state index < -0.39 is 12.0 Å². The first kappa shape index (κ1) is 13.6. The first-order valence-corrected chi connectivity index (χ1v) is 7.41. The molecular weight excluding hydrogens is 254 g/mol. The van der Waals surface area contributed by atoms with Crippen LogP contribution in [0.1, 0.15) is 36.4 Å². The molecule has 1 N–H and O–H groups in total. The number of carbonyl (C=O) groups is 1. The van der Waals surface area contributed by atoms with Crippen molar-refractivity contribution >= 4 is 5.97 Å². The van der Waals surface area contributed by atoms with Gasteiger partial charge in [-0.1, -0.05) is 30.7 Å². The summed E-state index contributed by atoms with van der Waals surface area (Å²) in [5, 5.41) is 9.44. The molecule has 1 aromatic rings. The number of nitrogens with zero attached hydrogens (tertiary/aromatic N) is 1. The highest BCUT2D eigenvalue weighted by molar-refractivity contribution is 5.73. The lowest BCUT2D eigenvalue weighted by Crippen LogP contribution is -2.51. The Labute approximate surface area is 119 Å². The van der Waals surface area contributed by atoms with Crippen LogP contribution in [0.25, 0.3) is 0 Å². The molecule has 1 aromatic carbocycles. The van der Waals surface area contributed by atoms with Gasteiger partial charge >= 0.3 is 5.97 Å². The van der Waals surface area contributed by atoms with Crippen molar-refractivity contribution in [1.29, 1.82) is 0 Å². The van der Waals surface area contributed by atoms with Crippen molar-refractivity contribution in [3.63, 3.8) is 0 Å². The molecule has 1 aliphatic heterocycles. The number of carboxylic acids is 1. The van der Waals surface area contributed by atoms with Gasteiger partial charge < -0.3 is 9.84 Å². The summed E-state index contributed by atoms with van der Waals surface area (Å²) < 4.78 is 5.36. The Morgan fingerprint density at radius 1 is 1.30 bits per heavy atom. The van der Waals surface area contributed by atoms with Crippen LogP contribution in [0.4, 0.5) is 0 Å². The molecule has 2 aliphatic rings. The normalized spacial score (nSPS) is 27.6. The molecule has 108 valence electrons. The zero-order chi connectivity index (χ0) is 13.9. The van der Waals surface area contributed by atoms with Gasteiger partial charge in [0.1, 0.15) is 6.04 Å². The van der Waals surface area contributed by atoms with Crippen LogP contribution >= 0.6 is 0 Å². The number of carboxylic acid groups (broad SMARTS) is 1. The maximum Gasteiger partial charge on any atom is 0.323 e. The summed E-state index contributed by atoms with van der Waals surface area (Å²) in [7, 11) is 0. The minimum atomic E-state index is -0.772. The molecule has 1 fully saturated rings. The molecule has 0 amide bonds. The Hall–Kier alpha value is -1.39. The van der Waals surface area contributed by atoms with Crippen molar-refractivity contribution in [2.75, 3.05) is 19.8 Å². The van der Waals surface area contributed by atoms with Gasteiger partial charge in [-0.2, -0.15) is 0 Å². The predicted octanol–water partition coefficient (Wildman–Crippen LogP) is 2.24. The SMILES string of the molecule is O=C(O)C1COCCN1C1CCCCc2ccccc21. The van der Waals surface area contributed by atoms with Gasteiger partial charge in [-0.3, -0.25) is 9.69 Å². The molecule has 1 saturated heterocycles. The van der Waals surface area contributed by atoms with E-state index in [1.54, 1.807) is 0 Å². The van der Waals surface area contributed by atoms with Crippen LogP contribution in [0.3, 0.4) is 0 Å². The minimum Gasteiger partial charge on any atom is -0.480 e. The van der Waals surface area contributed by atoms with Gasteiger partial charge in [-0.15, -0.1) is 0 Å². The van der Waals surface area contributed by atoms with Gasteiger partial charge in [0.15, 0.2) is 0 Å². The monoisotopic (exact) mass is 275 g/mol. The highest BCUT2D eigenvalue weighted by Crippen LogP contribution is 2.35. The molecule has 2 unspecified atom stereocenters. The number of ether oxygens (including phenoxy) is 1. The van der Waals surface area contributed by atoms with Crippen LogP contribution < -0.4 is 0 Å². The maximum atomic E-state index is 11.5. The summed E-state index contributed by atoms with van der Waals surface area (Å²) in [6.45, 7) is 1.63. The first-order valence-electron chi connectivity index (χ1n) is 7.41. The lowest BCUT2D eigenvalue weighted by Gasteiger charge is -2.39. The molecule has 1 aliphatic carbocycles. The maximum absolute atomic E-state index is 11.5. The van der Waals surface area contributed by atoms with Gasteiger partial charge in [-0.05, 0) is 30.4 Å². The Kier molecular flexibility index (Phi) is 4.03. The fraction of sp³-hybridized carbons (Fsp3) is 0.562. The van der Waals surface area contributed by atoms with Gasteiger partial charge in [0.2, 0.25) is 0 Å². The number of fused-ring (bicyclic) bond motifs is 1. The predicted molar refractivity (Wildman–Crippen MR) is 75.7 cm³/mol. The summed E-state index contributed by atoms with van der Waals surface area (Å²) >= 11 is 0. The van der Waals surface area contributed by atoms with E-state index >= 15 is 0 Å². The van der Waals surface area contributed by atoms with Crippen molar-refractivity contribution in [2.45, 2.75) is 37.8 Å². The molecule has 0 bridgehead atoms. The molecule has 0 saturated carbocycles. The summed E-state index contributed by atoms with van der Waals surface area (Å²) in [6, 6.07) is 8.20. The van der Waals surface area contributed by atoms with Gasteiger partial charge in [0.25, 0.3) is 0 Å². The van der Waals surface area contributed by atoms with Crippen molar-refractivity contribution in [3.8, 4) is 0 Å². The van der Waals surface area contributed by atoms with Gasteiger partial charge in [-0.25, -0.2) is 0 Å². The number of morpholine rings is 1. The van der Waals surface area contributed by atoms with Gasteiger partial charge in [0.05, 0.1) is 13.2 Å². The zero-order valence-corrected chi connectivity index (χ0v) is 11.6. The van der Waals surface area contributed by atoms with Crippen molar-refractivity contribution in [3.05, 3.63) is 35.4 Å². The topological polar surface area (TPSA) is 49.8 Å². The Balaban J connectivity index is 1.93. The summed E-state index contributed by atoms with van der Waals surface area (Å²) in [4.78, 5) is 13.6. The highest BCUT2D eigenvalue weighted by Gasteiger charge is 2.35. The molecular formula is C16H21NO3. The largest absolute Gasteiger partial charge is 0.480 e. The fourth-order valence-corrected chi connectivity index (χ4v) is 3.44. The number of hydrogen-bond acceptors (Lipinski definition) is 3. The second-order valence-electron chi connectivity index (χ2n) is 5.63. The van der Waals surface area contributed by atoms with Crippen LogP contribution in [0.2, 0.25) is 0 Å². The van der Waals surface area contributed by atoms with E-state index in [4.69, 9.17) is 4.74 Å². The Bertz CT molecular complexity index is 488. The van der Waals surface area contributed by atoms with E-state index in [9.17, 15) is 9.90 Å². The third kappa shape index (κ3) is 2.58. The number of aliphatic carboxylic acids is 1. The smallest absolute Gasteiger partial charge is 0.323 e. The number of aryl methyl sites for hydroxylation is 1.